The van der Waals surface area contributed by atoms with Crippen molar-refractivity contribution in [3.8, 4) is 0 Å². The van der Waals surface area contributed by atoms with E-state index in [0.29, 0.717) is 22.3 Å². The van der Waals surface area contributed by atoms with Crippen molar-refractivity contribution in [3.63, 3.8) is 0 Å². The van der Waals surface area contributed by atoms with Crippen molar-refractivity contribution in [3.05, 3.63) is 40.7 Å². The highest BCUT2D eigenvalue weighted by molar-refractivity contribution is 6.32. The predicted molar refractivity (Wildman–Crippen MR) is 75.4 cm³/mol. The predicted octanol–water partition coefficient (Wildman–Crippen LogP) is 2.18. The highest BCUT2D eigenvalue weighted by Crippen LogP contribution is 2.39. The molecule has 0 radical (unpaired) electrons. The van der Waals surface area contributed by atoms with Crippen molar-refractivity contribution in [2.75, 3.05) is 5.32 Å². The Morgan fingerprint density at radius 3 is 2.71 bits per heavy atom. The Kier molecular flexibility index (Phi) is 2.62. The molecule has 0 bridgehead atoms. The van der Waals surface area contributed by atoms with Crippen LogP contribution in [0.3, 0.4) is 0 Å². The van der Waals surface area contributed by atoms with E-state index in [1.807, 2.05) is 0 Å². The smallest absolute Gasteiger partial charge is 0.267 e. The molecule has 21 heavy (non-hydrogen) atoms. The number of nitrogens with zero attached hydrogens (tertiary/aromatic N) is 3. The van der Waals surface area contributed by atoms with Gasteiger partial charge in [-0.3, -0.25) is 14.9 Å². The molecule has 2 heterocycles. The van der Waals surface area contributed by atoms with Gasteiger partial charge in [0.15, 0.2) is 5.82 Å². The summed E-state index contributed by atoms with van der Waals surface area (Å²) < 4.78 is 1.18. The second-order valence-electron chi connectivity index (χ2n) is 5.26. The summed E-state index contributed by atoms with van der Waals surface area (Å²) in [5.74, 6) is -0.684. The van der Waals surface area contributed by atoms with Gasteiger partial charge in [-0.1, -0.05) is 29.8 Å². The molecule has 1 unspecified atom stereocenters. The van der Waals surface area contributed by atoms with E-state index >= 15 is 0 Å². The summed E-state index contributed by atoms with van der Waals surface area (Å²) >= 11 is 6.10. The minimum absolute atomic E-state index is 0.204. The molecule has 0 saturated heterocycles. The second kappa shape index (κ2) is 4.39. The topological polar surface area (TPSA) is 76.9 Å². The zero-order valence-electron chi connectivity index (χ0n) is 10.9. The third-order valence-corrected chi connectivity index (χ3v) is 4.08. The molecule has 2 aliphatic rings. The molecule has 1 aromatic carbocycles. The van der Waals surface area contributed by atoms with Crippen LogP contribution < -0.4 is 5.32 Å². The first-order valence-electron chi connectivity index (χ1n) is 6.71. The minimum Gasteiger partial charge on any atom is -0.293 e. The average molecular weight is 303 g/mol. The van der Waals surface area contributed by atoms with Crippen molar-refractivity contribution < 1.29 is 9.59 Å². The number of carbonyl (C=O) groups is 2. The van der Waals surface area contributed by atoms with Crippen LogP contribution in [-0.2, 0) is 4.79 Å². The first-order valence-corrected chi connectivity index (χ1v) is 7.09. The van der Waals surface area contributed by atoms with Gasteiger partial charge in [0, 0.05) is 10.9 Å². The van der Waals surface area contributed by atoms with E-state index in [4.69, 9.17) is 11.6 Å². The van der Waals surface area contributed by atoms with E-state index < -0.39 is 17.7 Å². The number of rotatable bonds is 2. The quantitative estimate of drug-likeness (QED) is 0.863. The number of halogens is 1. The number of carbonyl (C=O) groups excluding carboxylic acids is 2. The van der Waals surface area contributed by atoms with Crippen LogP contribution in [0.5, 0.6) is 0 Å². The van der Waals surface area contributed by atoms with E-state index in [0.717, 1.165) is 12.8 Å². The Bertz CT molecular complexity index is 766. The molecule has 1 amide bonds. The largest absolute Gasteiger partial charge is 0.293 e. The molecule has 1 fully saturated rings. The maximum Gasteiger partial charge on any atom is 0.267 e. The molecule has 1 atom stereocenters. The number of benzene rings is 1. The van der Waals surface area contributed by atoms with Gasteiger partial charge in [-0.15, -0.1) is 5.10 Å². The van der Waals surface area contributed by atoms with Crippen LogP contribution in [0, 0.1) is 0 Å². The fourth-order valence-corrected chi connectivity index (χ4v) is 2.72. The maximum atomic E-state index is 12.6. The molecule has 1 aromatic heterocycles. The average Bonchev–Trinajstić information content (AvgIpc) is 3.22. The molecule has 1 aliphatic heterocycles. The maximum absolute atomic E-state index is 12.6. The Balaban J connectivity index is 1.78. The lowest BCUT2D eigenvalue weighted by Gasteiger charge is -2.21. The molecule has 4 rings (SSSR count). The van der Waals surface area contributed by atoms with Crippen LogP contribution in [0.15, 0.2) is 24.3 Å². The zero-order chi connectivity index (χ0) is 14.6. The molecular formula is C14H11ClN4O2. The summed E-state index contributed by atoms with van der Waals surface area (Å²) in [4.78, 5) is 29.1. The minimum atomic E-state index is -0.986. The number of anilines is 1. The molecule has 106 valence electrons. The molecule has 1 N–H and O–H groups in total. The third-order valence-electron chi connectivity index (χ3n) is 3.74. The number of hydrogen-bond donors (Lipinski definition) is 1. The number of hydrogen-bond acceptors (Lipinski definition) is 4. The van der Waals surface area contributed by atoms with Crippen LogP contribution in [0.25, 0.3) is 0 Å². The SMILES string of the molecule is O=C1Nc2nc(C3CC3)nn2C(=O)C1c1ccccc1Cl. The van der Waals surface area contributed by atoms with Crippen LogP contribution in [0.4, 0.5) is 5.95 Å². The summed E-state index contributed by atoms with van der Waals surface area (Å²) in [6, 6.07) is 6.83. The number of aromatic nitrogens is 3. The normalized spacial score (nSPS) is 21.1. The van der Waals surface area contributed by atoms with Gasteiger partial charge in [-0.2, -0.15) is 9.67 Å². The van der Waals surface area contributed by atoms with Crippen LogP contribution >= 0.6 is 11.6 Å². The lowest BCUT2D eigenvalue weighted by molar-refractivity contribution is -0.117. The molecule has 1 saturated carbocycles. The molecule has 2 aromatic rings. The van der Waals surface area contributed by atoms with Gasteiger partial charge in [0.05, 0.1) is 0 Å². The van der Waals surface area contributed by atoms with Crippen molar-refractivity contribution >= 4 is 29.4 Å². The van der Waals surface area contributed by atoms with E-state index in [1.54, 1.807) is 24.3 Å². The van der Waals surface area contributed by atoms with Gasteiger partial charge < -0.3 is 0 Å². The van der Waals surface area contributed by atoms with Gasteiger partial charge in [0.2, 0.25) is 11.9 Å². The lowest BCUT2D eigenvalue weighted by atomic mass is 9.96. The summed E-state index contributed by atoms with van der Waals surface area (Å²) in [7, 11) is 0. The molecule has 1 aliphatic carbocycles. The molecule has 0 spiro atoms. The van der Waals surface area contributed by atoms with Gasteiger partial charge in [0.25, 0.3) is 5.91 Å². The summed E-state index contributed by atoms with van der Waals surface area (Å²) in [6.07, 6.45) is 2.05. The van der Waals surface area contributed by atoms with Crippen LogP contribution in [-0.4, -0.2) is 26.6 Å². The fourth-order valence-electron chi connectivity index (χ4n) is 2.48. The Morgan fingerprint density at radius 1 is 1.24 bits per heavy atom. The summed E-state index contributed by atoms with van der Waals surface area (Å²) in [5.41, 5.74) is 0.482. The second-order valence-corrected chi connectivity index (χ2v) is 5.67. The van der Waals surface area contributed by atoms with Crippen LogP contribution in [0.2, 0.25) is 5.02 Å². The molecular weight excluding hydrogens is 292 g/mol. The monoisotopic (exact) mass is 302 g/mol. The van der Waals surface area contributed by atoms with E-state index in [-0.39, 0.29) is 5.95 Å². The summed E-state index contributed by atoms with van der Waals surface area (Å²) in [5, 5.41) is 7.26. The number of fused-ring (bicyclic) bond motifs is 1. The fraction of sp³-hybridized carbons (Fsp3) is 0.286. The first kappa shape index (κ1) is 12.5. The first-order chi connectivity index (χ1) is 10.1. The van der Waals surface area contributed by atoms with Crippen molar-refractivity contribution in [2.45, 2.75) is 24.7 Å². The lowest BCUT2D eigenvalue weighted by Crippen LogP contribution is -2.38. The molecule has 6 nitrogen and oxygen atoms in total. The van der Waals surface area contributed by atoms with Crippen molar-refractivity contribution in [1.29, 1.82) is 0 Å². The zero-order valence-corrected chi connectivity index (χ0v) is 11.7. The number of amides is 1. The van der Waals surface area contributed by atoms with E-state index in [9.17, 15) is 9.59 Å². The summed E-state index contributed by atoms with van der Waals surface area (Å²) in [6.45, 7) is 0. The highest BCUT2D eigenvalue weighted by Gasteiger charge is 2.40. The third kappa shape index (κ3) is 1.94. The Labute approximate surface area is 125 Å². The van der Waals surface area contributed by atoms with Gasteiger partial charge in [-0.05, 0) is 24.5 Å². The van der Waals surface area contributed by atoms with Crippen molar-refractivity contribution in [2.24, 2.45) is 0 Å². The molecule has 7 heteroatoms. The van der Waals surface area contributed by atoms with Gasteiger partial charge in [-0.25, -0.2) is 0 Å². The van der Waals surface area contributed by atoms with Crippen LogP contribution in [0.1, 0.15) is 40.9 Å². The number of nitrogens with one attached hydrogen (secondary N) is 1. The standard InChI is InChI=1S/C14H11ClN4O2/c15-9-4-2-1-3-8(9)10-12(20)17-14-16-11(7-5-6-7)18-19(14)13(10)21/h1-4,7,10H,5-6H2,(H,16,17,18,20). The highest BCUT2D eigenvalue weighted by atomic mass is 35.5. The van der Waals surface area contributed by atoms with Crippen molar-refractivity contribution in [1.82, 2.24) is 14.8 Å². The van der Waals surface area contributed by atoms with Gasteiger partial charge >= 0.3 is 0 Å². The van der Waals surface area contributed by atoms with Gasteiger partial charge in [0.1, 0.15) is 5.92 Å². The van der Waals surface area contributed by atoms with E-state index in [1.165, 1.54) is 4.68 Å². The van der Waals surface area contributed by atoms with E-state index in [2.05, 4.69) is 15.4 Å². The Hall–Kier alpha value is -2.21. The Morgan fingerprint density at radius 2 is 2.00 bits per heavy atom.